The highest BCUT2D eigenvalue weighted by Crippen LogP contribution is 2.22. The van der Waals surface area contributed by atoms with Crippen LogP contribution in [0.15, 0.2) is 67.0 Å². The highest BCUT2D eigenvalue weighted by Gasteiger charge is 2.13. The predicted molar refractivity (Wildman–Crippen MR) is 110 cm³/mol. The molecule has 1 saturated heterocycles. The summed E-state index contributed by atoms with van der Waals surface area (Å²) in [4.78, 5) is 26.6. The van der Waals surface area contributed by atoms with Gasteiger partial charge in [-0.15, -0.1) is 0 Å². The topological polar surface area (TPSA) is 76.5 Å². The molecule has 7 heteroatoms. The van der Waals surface area contributed by atoms with E-state index in [0.29, 0.717) is 11.3 Å². The Balaban J connectivity index is 1.27. The largest absolute Gasteiger partial charge is 0.452 e. The fourth-order valence-electron chi connectivity index (χ4n) is 3.31. The summed E-state index contributed by atoms with van der Waals surface area (Å²) in [5.41, 5.74) is 3.05. The van der Waals surface area contributed by atoms with E-state index >= 15 is 0 Å². The molecule has 1 fully saturated rings. The summed E-state index contributed by atoms with van der Waals surface area (Å²) in [5.74, 6) is -0.919. The molecule has 7 nitrogen and oxygen atoms in total. The zero-order chi connectivity index (χ0) is 20.1. The predicted octanol–water partition coefficient (Wildman–Crippen LogP) is 3.27. The van der Waals surface area contributed by atoms with Crippen LogP contribution in [0.4, 0.5) is 11.4 Å². The van der Waals surface area contributed by atoms with Gasteiger partial charge < -0.3 is 15.0 Å². The molecule has 29 heavy (non-hydrogen) atoms. The zero-order valence-corrected chi connectivity index (χ0v) is 16.0. The average Bonchev–Trinajstić information content (AvgIpc) is 3.47. The highest BCUT2D eigenvalue weighted by atomic mass is 16.5. The Kier molecular flexibility index (Phi) is 5.56. The van der Waals surface area contributed by atoms with Gasteiger partial charge in [0.05, 0.1) is 11.3 Å². The molecule has 0 spiro atoms. The van der Waals surface area contributed by atoms with Gasteiger partial charge in [0.2, 0.25) is 0 Å². The van der Waals surface area contributed by atoms with Crippen molar-refractivity contribution in [3.63, 3.8) is 0 Å². The number of hydrogen-bond acceptors (Lipinski definition) is 5. The lowest BCUT2D eigenvalue weighted by molar-refractivity contribution is -0.119. The van der Waals surface area contributed by atoms with Crippen LogP contribution in [-0.4, -0.2) is 41.4 Å². The number of rotatable bonds is 6. The summed E-state index contributed by atoms with van der Waals surface area (Å²) in [5, 5.41) is 6.88. The van der Waals surface area contributed by atoms with Crippen LogP contribution in [-0.2, 0) is 9.53 Å². The van der Waals surface area contributed by atoms with Gasteiger partial charge in [-0.2, -0.15) is 5.10 Å². The number of hydrogen-bond donors (Lipinski definition) is 1. The number of anilines is 2. The fraction of sp³-hybridized carbons (Fsp3) is 0.227. The number of nitrogens with zero attached hydrogens (tertiary/aromatic N) is 3. The summed E-state index contributed by atoms with van der Waals surface area (Å²) in [6, 6.07) is 16.4. The number of carbonyl (C=O) groups is 2. The van der Waals surface area contributed by atoms with Crippen molar-refractivity contribution in [2.45, 2.75) is 12.8 Å². The van der Waals surface area contributed by atoms with E-state index in [0.717, 1.165) is 24.5 Å². The van der Waals surface area contributed by atoms with Crippen LogP contribution < -0.4 is 10.2 Å². The molecular formula is C22H22N4O3. The van der Waals surface area contributed by atoms with Crippen LogP contribution in [0.5, 0.6) is 0 Å². The van der Waals surface area contributed by atoms with Crippen LogP contribution in [0, 0.1) is 0 Å². The van der Waals surface area contributed by atoms with Gasteiger partial charge in [0.15, 0.2) is 6.61 Å². The molecule has 1 aliphatic rings. The summed E-state index contributed by atoms with van der Waals surface area (Å²) in [6.45, 7) is 1.81. The van der Waals surface area contributed by atoms with E-state index in [1.54, 1.807) is 35.1 Å². The smallest absolute Gasteiger partial charge is 0.338 e. The van der Waals surface area contributed by atoms with Crippen molar-refractivity contribution < 1.29 is 14.3 Å². The lowest BCUT2D eigenvalue weighted by Crippen LogP contribution is -2.21. The minimum atomic E-state index is -0.545. The average molecular weight is 390 g/mol. The van der Waals surface area contributed by atoms with E-state index in [2.05, 4.69) is 15.3 Å². The van der Waals surface area contributed by atoms with Crippen LogP contribution >= 0.6 is 0 Å². The van der Waals surface area contributed by atoms with E-state index in [1.165, 1.54) is 12.8 Å². The SMILES string of the molecule is O=C(COC(=O)c1ccc(-n2cccn2)cc1)Nc1ccc(N2CCCC2)cc1. The minimum absolute atomic E-state index is 0.340. The molecule has 3 aromatic rings. The molecule has 0 aliphatic carbocycles. The Morgan fingerprint density at radius 1 is 0.966 bits per heavy atom. The molecule has 1 aliphatic heterocycles. The maximum Gasteiger partial charge on any atom is 0.338 e. The second-order valence-corrected chi connectivity index (χ2v) is 6.86. The molecule has 1 amide bonds. The van der Waals surface area contributed by atoms with Gasteiger partial charge in [0, 0.05) is 36.9 Å². The molecule has 2 heterocycles. The first-order chi connectivity index (χ1) is 14.2. The molecule has 0 unspecified atom stereocenters. The van der Waals surface area contributed by atoms with Crippen LogP contribution in [0.25, 0.3) is 5.69 Å². The van der Waals surface area contributed by atoms with Crippen molar-refractivity contribution in [3.05, 3.63) is 72.6 Å². The number of ether oxygens (including phenoxy) is 1. The highest BCUT2D eigenvalue weighted by molar-refractivity contribution is 5.95. The first kappa shape index (κ1) is 18.7. The van der Waals surface area contributed by atoms with Gasteiger partial charge >= 0.3 is 5.97 Å². The maximum atomic E-state index is 12.2. The van der Waals surface area contributed by atoms with Gasteiger partial charge in [-0.05, 0) is 67.4 Å². The molecule has 0 saturated carbocycles. The van der Waals surface area contributed by atoms with Crippen LogP contribution in [0.1, 0.15) is 23.2 Å². The van der Waals surface area contributed by atoms with E-state index in [4.69, 9.17) is 4.74 Å². The van der Waals surface area contributed by atoms with E-state index in [9.17, 15) is 9.59 Å². The van der Waals surface area contributed by atoms with Crippen molar-refractivity contribution in [2.75, 3.05) is 29.9 Å². The van der Waals surface area contributed by atoms with Gasteiger partial charge in [0.25, 0.3) is 5.91 Å². The summed E-state index contributed by atoms with van der Waals surface area (Å²) in [7, 11) is 0. The maximum absolute atomic E-state index is 12.2. The van der Waals surface area contributed by atoms with E-state index in [-0.39, 0.29) is 12.5 Å². The third-order valence-electron chi connectivity index (χ3n) is 4.83. The molecule has 0 bridgehead atoms. The van der Waals surface area contributed by atoms with Gasteiger partial charge in [0.1, 0.15) is 0 Å². The Morgan fingerprint density at radius 2 is 1.66 bits per heavy atom. The van der Waals surface area contributed by atoms with E-state index < -0.39 is 5.97 Å². The lowest BCUT2D eigenvalue weighted by Gasteiger charge is -2.17. The second kappa shape index (κ2) is 8.60. The van der Waals surface area contributed by atoms with E-state index in [1.807, 2.05) is 36.5 Å². The van der Waals surface area contributed by atoms with Crippen molar-refractivity contribution in [2.24, 2.45) is 0 Å². The summed E-state index contributed by atoms with van der Waals surface area (Å²) >= 11 is 0. The minimum Gasteiger partial charge on any atom is -0.452 e. The number of carbonyl (C=O) groups excluding carboxylic acids is 2. The Hall–Kier alpha value is -3.61. The van der Waals surface area contributed by atoms with Crippen molar-refractivity contribution in [1.29, 1.82) is 0 Å². The molecule has 148 valence electrons. The number of nitrogens with one attached hydrogen (secondary N) is 1. The van der Waals surface area contributed by atoms with Crippen molar-refractivity contribution in [3.8, 4) is 5.69 Å². The molecule has 4 rings (SSSR count). The Labute approximate surface area is 168 Å². The van der Waals surface area contributed by atoms with Gasteiger partial charge in [-0.1, -0.05) is 0 Å². The number of amides is 1. The molecule has 0 radical (unpaired) electrons. The van der Waals surface area contributed by atoms with Gasteiger partial charge in [-0.3, -0.25) is 4.79 Å². The van der Waals surface area contributed by atoms with Crippen LogP contribution in [0.3, 0.4) is 0 Å². The lowest BCUT2D eigenvalue weighted by atomic mass is 10.2. The number of aromatic nitrogens is 2. The zero-order valence-electron chi connectivity index (χ0n) is 16.0. The normalized spacial score (nSPS) is 13.3. The number of esters is 1. The standard InChI is InChI=1S/C22H22N4O3/c27-21(24-18-6-10-19(11-7-18)25-13-1-2-14-25)16-29-22(28)17-4-8-20(9-5-17)26-15-3-12-23-26/h3-12,15H,1-2,13-14,16H2,(H,24,27). The Morgan fingerprint density at radius 3 is 2.31 bits per heavy atom. The first-order valence-corrected chi connectivity index (χ1v) is 9.61. The Bertz CT molecular complexity index is 960. The summed E-state index contributed by atoms with van der Waals surface area (Å²) in [6.07, 6.45) is 5.93. The first-order valence-electron chi connectivity index (χ1n) is 9.61. The quantitative estimate of drug-likeness (QED) is 0.654. The molecule has 0 atom stereocenters. The third kappa shape index (κ3) is 4.63. The van der Waals surface area contributed by atoms with Crippen molar-refractivity contribution in [1.82, 2.24) is 9.78 Å². The molecule has 1 N–H and O–H groups in total. The molecule has 2 aromatic carbocycles. The summed E-state index contributed by atoms with van der Waals surface area (Å²) < 4.78 is 6.81. The second-order valence-electron chi connectivity index (χ2n) is 6.86. The van der Waals surface area contributed by atoms with Crippen molar-refractivity contribution >= 4 is 23.3 Å². The fourth-order valence-corrected chi connectivity index (χ4v) is 3.31. The number of benzene rings is 2. The van der Waals surface area contributed by atoms with Gasteiger partial charge in [-0.25, -0.2) is 9.48 Å². The monoisotopic (exact) mass is 390 g/mol. The molecular weight excluding hydrogens is 368 g/mol. The molecule has 1 aromatic heterocycles. The van der Waals surface area contributed by atoms with Crippen LogP contribution in [0.2, 0.25) is 0 Å². The third-order valence-corrected chi connectivity index (χ3v) is 4.83.